The van der Waals surface area contributed by atoms with Crippen molar-refractivity contribution in [2.75, 3.05) is 24.7 Å². The lowest BCUT2D eigenvalue weighted by molar-refractivity contribution is -0.384. The van der Waals surface area contributed by atoms with E-state index in [0.717, 1.165) is 24.5 Å². The van der Waals surface area contributed by atoms with Crippen molar-refractivity contribution in [2.24, 2.45) is 0 Å². The number of amides is 1. The minimum atomic E-state index is -3.60. The number of halogens is 3. The van der Waals surface area contributed by atoms with Crippen LogP contribution >= 0.6 is 23.2 Å². The van der Waals surface area contributed by atoms with Gasteiger partial charge in [-0.2, -0.15) is 0 Å². The molecule has 150 valence electrons. The molecule has 0 spiro atoms. The van der Waals surface area contributed by atoms with Gasteiger partial charge < -0.3 is 10.6 Å². The Balaban J connectivity index is 2.03. The van der Waals surface area contributed by atoms with Gasteiger partial charge in [0, 0.05) is 25.4 Å². The van der Waals surface area contributed by atoms with Crippen LogP contribution in [0.15, 0.2) is 35.2 Å². The number of hydrogen-bond acceptors (Lipinski definition) is 6. The van der Waals surface area contributed by atoms with Crippen LogP contribution in [0.25, 0.3) is 0 Å². The molecule has 0 fully saturated rings. The van der Waals surface area contributed by atoms with Gasteiger partial charge in [-0.3, -0.25) is 14.9 Å². The zero-order chi connectivity index (χ0) is 21.1. The normalized spacial score (nSPS) is 11.1. The predicted molar refractivity (Wildman–Crippen MR) is 103 cm³/mol. The number of nitro groups is 1. The minimum Gasteiger partial charge on any atom is -0.378 e. The third-order valence-corrected chi connectivity index (χ3v) is 5.29. The van der Waals surface area contributed by atoms with E-state index in [4.69, 9.17) is 23.2 Å². The molecule has 0 radical (unpaired) electrons. The van der Waals surface area contributed by atoms with Crippen LogP contribution in [0.1, 0.15) is 10.4 Å². The van der Waals surface area contributed by atoms with Crippen molar-refractivity contribution in [1.29, 1.82) is 0 Å². The largest absolute Gasteiger partial charge is 0.378 e. The topological polar surface area (TPSA) is 118 Å². The van der Waals surface area contributed by atoms with Gasteiger partial charge in [0.15, 0.2) is 9.84 Å². The van der Waals surface area contributed by atoms with E-state index in [-0.39, 0.29) is 39.3 Å². The fourth-order valence-electron chi connectivity index (χ4n) is 2.21. The standard InChI is InChI=1S/C16H14Cl2FN3O5S/c1-28(26,27)9-2-3-14(15(6-9)22(24)25)20-4-5-21-16(23)10-7-13(19)12(18)8-11(10)17/h2-3,6-8,20H,4-5H2,1H3,(H,21,23). The number of carbonyl (C=O) groups excluding carboxylic acids is 1. The predicted octanol–water partition coefficient (Wildman–Crippen LogP) is 3.29. The van der Waals surface area contributed by atoms with Crippen molar-refractivity contribution in [1.82, 2.24) is 5.32 Å². The number of rotatable bonds is 7. The average Bonchev–Trinajstić information content (AvgIpc) is 2.60. The lowest BCUT2D eigenvalue weighted by atomic mass is 10.2. The van der Waals surface area contributed by atoms with E-state index >= 15 is 0 Å². The molecule has 2 rings (SSSR count). The SMILES string of the molecule is CS(=O)(=O)c1ccc(NCCNC(=O)c2cc(F)c(Cl)cc2Cl)c([N+](=O)[O-])c1. The van der Waals surface area contributed by atoms with Crippen LogP contribution in [-0.4, -0.2) is 38.6 Å². The molecule has 8 nitrogen and oxygen atoms in total. The van der Waals surface area contributed by atoms with Crippen molar-refractivity contribution in [3.05, 3.63) is 61.9 Å². The van der Waals surface area contributed by atoms with Gasteiger partial charge in [-0.1, -0.05) is 23.2 Å². The van der Waals surface area contributed by atoms with E-state index in [1.807, 2.05) is 0 Å². The quantitative estimate of drug-likeness (QED) is 0.289. The second-order valence-corrected chi connectivity index (χ2v) is 8.47. The van der Waals surface area contributed by atoms with Gasteiger partial charge in [-0.25, -0.2) is 12.8 Å². The van der Waals surface area contributed by atoms with Gasteiger partial charge in [0.05, 0.1) is 25.4 Å². The van der Waals surface area contributed by atoms with Crippen molar-refractivity contribution in [2.45, 2.75) is 4.90 Å². The second kappa shape index (κ2) is 8.72. The Hall–Kier alpha value is -2.43. The van der Waals surface area contributed by atoms with Crippen molar-refractivity contribution < 1.29 is 22.5 Å². The van der Waals surface area contributed by atoms with E-state index in [1.54, 1.807) is 0 Å². The Kier molecular flexibility index (Phi) is 6.81. The number of sulfone groups is 1. The number of anilines is 1. The van der Waals surface area contributed by atoms with Crippen LogP contribution in [-0.2, 0) is 9.84 Å². The molecule has 0 heterocycles. The van der Waals surface area contributed by atoms with Crippen LogP contribution in [0.3, 0.4) is 0 Å². The fourth-order valence-corrected chi connectivity index (χ4v) is 3.32. The number of carbonyl (C=O) groups is 1. The summed E-state index contributed by atoms with van der Waals surface area (Å²) in [6, 6.07) is 5.47. The fraction of sp³-hybridized carbons (Fsp3) is 0.188. The van der Waals surface area contributed by atoms with Gasteiger partial charge in [0.1, 0.15) is 11.5 Å². The maximum absolute atomic E-state index is 13.5. The summed E-state index contributed by atoms with van der Waals surface area (Å²) >= 11 is 11.4. The minimum absolute atomic E-state index is 0.0242. The number of nitrogens with one attached hydrogen (secondary N) is 2. The molecule has 28 heavy (non-hydrogen) atoms. The summed E-state index contributed by atoms with van der Waals surface area (Å²) in [4.78, 5) is 22.3. The lowest BCUT2D eigenvalue weighted by Gasteiger charge is -2.10. The Morgan fingerprint density at radius 1 is 1.18 bits per heavy atom. The molecule has 0 aliphatic rings. The Morgan fingerprint density at radius 2 is 1.86 bits per heavy atom. The molecular weight excluding hydrogens is 436 g/mol. The number of nitro benzene ring substituents is 1. The summed E-state index contributed by atoms with van der Waals surface area (Å²) < 4.78 is 36.5. The molecule has 12 heteroatoms. The summed E-state index contributed by atoms with van der Waals surface area (Å²) in [5.41, 5.74) is -0.439. The van der Waals surface area contributed by atoms with E-state index in [1.165, 1.54) is 12.1 Å². The first-order valence-electron chi connectivity index (χ1n) is 7.66. The van der Waals surface area contributed by atoms with Crippen LogP contribution in [0.5, 0.6) is 0 Å². The average molecular weight is 450 g/mol. The Bertz CT molecular complexity index is 1050. The third kappa shape index (κ3) is 5.31. The summed E-state index contributed by atoms with van der Waals surface area (Å²) in [6.45, 7) is 0.114. The number of nitrogens with zero attached hydrogens (tertiary/aromatic N) is 1. The highest BCUT2D eigenvalue weighted by Crippen LogP contribution is 2.27. The van der Waals surface area contributed by atoms with E-state index in [9.17, 15) is 27.7 Å². The molecule has 0 unspecified atom stereocenters. The molecule has 0 aliphatic heterocycles. The first-order valence-corrected chi connectivity index (χ1v) is 10.3. The monoisotopic (exact) mass is 449 g/mol. The van der Waals surface area contributed by atoms with Crippen molar-refractivity contribution in [3.8, 4) is 0 Å². The van der Waals surface area contributed by atoms with Crippen LogP contribution < -0.4 is 10.6 Å². The summed E-state index contributed by atoms with van der Waals surface area (Å²) in [7, 11) is -3.60. The first-order chi connectivity index (χ1) is 13.0. The van der Waals surface area contributed by atoms with Gasteiger partial charge in [0.25, 0.3) is 11.6 Å². The molecule has 0 saturated carbocycles. The highest BCUT2D eigenvalue weighted by atomic mass is 35.5. The Morgan fingerprint density at radius 3 is 2.46 bits per heavy atom. The van der Waals surface area contributed by atoms with Gasteiger partial charge in [-0.05, 0) is 24.3 Å². The lowest BCUT2D eigenvalue weighted by Crippen LogP contribution is -2.29. The van der Waals surface area contributed by atoms with Crippen LogP contribution in [0, 0.1) is 15.9 Å². The van der Waals surface area contributed by atoms with Crippen LogP contribution in [0.2, 0.25) is 10.0 Å². The molecule has 0 atom stereocenters. The van der Waals surface area contributed by atoms with Crippen molar-refractivity contribution >= 4 is 50.3 Å². The van der Waals surface area contributed by atoms with Gasteiger partial charge >= 0.3 is 0 Å². The van der Waals surface area contributed by atoms with Crippen molar-refractivity contribution in [3.63, 3.8) is 0 Å². The molecule has 2 N–H and O–H groups in total. The maximum Gasteiger partial charge on any atom is 0.293 e. The van der Waals surface area contributed by atoms with Gasteiger partial charge in [0.2, 0.25) is 0 Å². The molecule has 2 aromatic rings. The Labute approximate surface area is 169 Å². The molecule has 0 bridgehead atoms. The molecular formula is C16H14Cl2FN3O5S. The van der Waals surface area contributed by atoms with E-state index < -0.39 is 32.2 Å². The zero-order valence-corrected chi connectivity index (χ0v) is 16.7. The summed E-state index contributed by atoms with van der Waals surface area (Å²) in [6.07, 6.45) is 0.944. The smallest absolute Gasteiger partial charge is 0.293 e. The zero-order valence-electron chi connectivity index (χ0n) is 14.3. The summed E-state index contributed by atoms with van der Waals surface area (Å²) in [5.74, 6) is -1.44. The second-order valence-electron chi connectivity index (χ2n) is 5.64. The third-order valence-electron chi connectivity index (χ3n) is 3.57. The van der Waals surface area contributed by atoms with E-state index in [2.05, 4.69) is 10.6 Å². The number of benzene rings is 2. The molecule has 0 aliphatic carbocycles. The summed E-state index contributed by atoms with van der Waals surface area (Å²) in [5, 5.41) is 16.1. The van der Waals surface area contributed by atoms with Crippen LogP contribution in [0.4, 0.5) is 15.8 Å². The molecule has 1 amide bonds. The van der Waals surface area contributed by atoms with E-state index in [0.29, 0.717) is 0 Å². The number of hydrogen-bond donors (Lipinski definition) is 2. The highest BCUT2D eigenvalue weighted by Gasteiger charge is 2.19. The van der Waals surface area contributed by atoms with Gasteiger partial charge in [-0.15, -0.1) is 0 Å². The highest BCUT2D eigenvalue weighted by molar-refractivity contribution is 7.90. The molecule has 0 saturated heterocycles. The molecule has 2 aromatic carbocycles. The molecule has 0 aromatic heterocycles. The first kappa shape index (κ1) is 21.9. The maximum atomic E-state index is 13.5.